The van der Waals surface area contributed by atoms with E-state index < -0.39 is 24.3 Å². The van der Waals surface area contributed by atoms with Gasteiger partial charge in [-0.25, -0.2) is 4.79 Å². The van der Waals surface area contributed by atoms with Gasteiger partial charge < -0.3 is 28.5 Å². The smallest absolute Gasteiger partial charge is 0.361 e. The van der Waals surface area contributed by atoms with Gasteiger partial charge in [-0.2, -0.15) is 0 Å². The number of nitrogens with zero attached hydrogens (tertiary/aromatic N) is 1. The number of quaternary nitrogens is 1. The Labute approximate surface area is 411 Å². The molecule has 0 bridgehead atoms. The first kappa shape index (κ1) is 63.7. The molecule has 0 spiro atoms. The van der Waals surface area contributed by atoms with Crippen LogP contribution in [0.1, 0.15) is 219 Å². The third kappa shape index (κ3) is 50.4. The summed E-state index contributed by atoms with van der Waals surface area (Å²) in [6.07, 6.45) is 59.7. The lowest BCUT2D eigenvalue weighted by Gasteiger charge is -2.25. The highest BCUT2D eigenvalue weighted by Crippen LogP contribution is 2.15. The largest absolute Gasteiger partial charge is 0.477 e. The number of carboxylic acids is 1. The topological polar surface area (TPSA) is 108 Å². The van der Waals surface area contributed by atoms with Gasteiger partial charge in [0.2, 0.25) is 0 Å². The lowest BCUT2D eigenvalue weighted by atomic mass is 10.0. The monoisotopic (exact) mass is 941 g/mol. The minimum Gasteiger partial charge on any atom is -0.477 e. The Morgan fingerprint density at radius 3 is 1.30 bits per heavy atom. The molecule has 386 valence electrons. The standard InChI is InChI=1S/C58H101NO8/c1-6-8-10-12-14-16-18-20-22-24-26-27-28-29-31-32-34-36-38-40-42-44-46-48-55(60)65-52-54(53-66-58(57(62)63)64-51-50-59(3,4)5)67-56(61)49-47-45-43-41-39-37-35-33-30-25-23-21-19-17-15-13-11-9-7-2/h9,11,15,17,21,23-24,26,30,33,37,39,54,58H,6-8,10,12-14,16,18-20,22,25,27-29,31-32,34-36,38,40-53H2,1-5H3/p+1/b11-9-,17-15-,23-21-,26-24-,33-30-,39-37-. The van der Waals surface area contributed by atoms with Gasteiger partial charge >= 0.3 is 17.9 Å². The molecule has 2 unspecified atom stereocenters. The first-order chi connectivity index (χ1) is 32.6. The summed E-state index contributed by atoms with van der Waals surface area (Å²) in [5.41, 5.74) is 0. The van der Waals surface area contributed by atoms with Gasteiger partial charge in [0, 0.05) is 12.8 Å². The van der Waals surface area contributed by atoms with Crippen molar-refractivity contribution in [1.82, 2.24) is 0 Å². The summed E-state index contributed by atoms with van der Waals surface area (Å²) in [5.74, 6) is -2.05. The molecule has 0 saturated carbocycles. The number of aliphatic carboxylic acids is 1. The van der Waals surface area contributed by atoms with Crippen molar-refractivity contribution >= 4 is 17.9 Å². The van der Waals surface area contributed by atoms with Gasteiger partial charge in [-0.3, -0.25) is 9.59 Å². The molecule has 67 heavy (non-hydrogen) atoms. The molecule has 9 heteroatoms. The predicted molar refractivity (Wildman–Crippen MR) is 281 cm³/mol. The van der Waals surface area contributed by atoms with Gasteiger partial charge in [0.05, 0.1) is 34.4 Å². The minimum absolute atomic E-state index is 0.178. The van der Waals surface area contributed by atoms with E-state index in [0.717, 1.165) is 70.6 Å². The van der Waals surface area contributed by atoms with E-state index in [0.29, 0.717) is 23.9 Å². The van der Waals surface area contributed by atoms with Gasteiger partial charge in [0.1, 0.15) is 13.2 Å². The molecule has 0 amide bonds. The van der Waals surface area contributed by atoms with Crippen molar-refractivity contribution in [3.63, 3.8) is 0 Å². The summed E-state index contributed by atoms with van der Waals surface area (Å²) >= 11 is 0. The van der Waals surface area contributed by atoms with Crippen molar-refractivity contribution in [3.05, 3.63) is 72.9 Å². The lowest BCUT2D eigenvalue weighted by Crippen LogP contribution is -2.40. The second kappa shape index (κ2) is 49.2. The van der Waals surface area contributed by atoms with Crippen molar-refractivity contribution in [3.8, 4) is 0 Å². The quantitative estimate of drug-likeness (QED) is 0.0211. The molecule has 0 aliphatic carbocycles. The average molecular weight is 941 g/mol. The average Bonchev–Trinajstić information content (AvgIpc) is 3.29. The molecule has 0 aromatic carbocycles. The normalized spacial score (nSPS) is 13.4. The lowest BCUT2D eigenvalue weighted by molar-refractivity contribution is -0.870. The van der Waals surface area contributed by atoms with E-state index in [1.54, 1.807) is 0 Å². The summed E-state index contributed by atoms with van der Waals surface area (Å²) in [5, 5.41) is 9.68. The Kier molecular flexibility index (Phi) is 46.8. The number of hydrogen-bond donors (Lipinski definition) is 1. The van der Waals surface area contributed by atoms with Gasteiger partial charge in [-0.05, 0) is 83.5 Å². The fraction of sp³-hybridized carbons (Fsp3) is 0.741. The Morgan fingerprint density at radius 2 is 0.851 bits per heavy atom. The maximum absolute atomic E-state index is 12.8. The Balaban J connectivity index is 4.34. The summed E-state index contributed by atoms with van der Waals surface area (Å²) in [6.45, 7) is 4.73. The van der Waals surface area contributed by atoms with Gasteiger partial charge in [0.15, 0.2) is 6.10 Å². The Hall–Kier alpha value is -3.27. The van der Waals surface area contributed by atoms with Crippen LogP contribution in [0.5, 0.6) is 0 Å². The summed E-state index contributed by atoms with van der Waals surface area (Å²) < 4.78 is 22.8. The number of likely N-dealkylation sites (N-methyl/N-ethyl adjacent to an activating group) is 1. The number of ether oxygens (including phenoxy) is 4. The number of unbranched alkanes of at least 4 members (excludes halogenated alkanes) is 22. The summed E-state index contributed by atoms with van der Waals surface area (Å²) in [4.78, 5) is 37.3. The van der Waals surface area contributed by atoms with Crippen LogP contribution in [0.3, 0.4) is 0 Å². The van der Waals surface area contributed by atoms with Crippen molar-refractivity contribution in [1.29, 1.82) is 0 Å². The first-order valence-corrected chi connectivity index (χ1v) is 27.1. The number of allylic oxidation sites excluding steroid dienone is 12. The van der Waals surface area contributed by atoms with E-state index in [1.807, 2.05) is 21.1 Å². The number of esters is 2. The van der Waals surface area contributed by atoms with E-state index in [-0.39, 0.29) is 32.2 Å². The summed E-state index contributed by atoms with van der Waals surface area (Å²) in [6, 6.07) is 0. The van der Waals surface area contributed by atoms with E-state index in [9.17, 15) is 19.5 Å². The molecule has 0 heterocycles. The molecular weight excluding hydrogens is 839 g/mol. The van der Waals surface area contributed by atoms with Crippen molar-refractivity contribution < 1.29 is 42.9 Å². The van der Waals surface area contributed by atoms with Crippen LogP contribution in [0.2, 0.25) is 0 Å². The van der Waals surface area contributed by atoms with Crippen molar-refractivity contribution in [2.75, 3.05) is 47.5 Å². The molecule has 0 aromatic rings. The van der Waals surface area contributed by atoms with Gasteiger partial charge in [0.25, 0.3) is 6.29 Å². The van der Waals surface area contributed by atoms with E-state index in [4.69, 9.17) is 18.9 Å². The predicted octanol–water partition coefficient (Wildman–Crippen LogP) is 15.5. The Bertz CT molecular complexity index is 1330. The van der Waals surface area contributed by atoms with Crippen LogP contribution < -0.4 is 0 Å². The van der Waals surface area contributed by atoms with E-state index >= 15 is 0 Å². The molecule has 0 rings (SSSR count). The zero-order valence-corrected chi connectivity index (χ0v) is 43.8. The SMILES string of the molecule is CC/C=C\C/C=C\C/C=C\C/C=C\C/C=C\CCCCCC(=O)OC(COC(=O)CCCCCCCCCCCCC/C=C\CCCCCCCCCC)COC(OCC[N+](C)(C)C)C(=O)O. The molecule has 9 nitrogen and oxygen atoms in total. The highest BCUT2D eigenvalue weighted by molar-refractivity contribution is 5.71. The van der Waals surface area contributed by atoms with Crippen LogP contribution in [0.15, 0.2) is 72.9 Å². The van der Waals surface area contributed by atoms with Crippen molar-refractivity contribution in [2.24, 2.45) is 0 Å². The zero-order chi connectivity index (χ0) is 49.2. The molecule has 0 aliphatic rings. The Morgan fingerprint density at radius 1 is 0.463 bits per heavy atom. The number of carboxylic acid groups (broad SMARTS) is 1. The molecule has 0 aliphatic heterocycles. The zero-order valence-electron chi connectivity index (χ0n) is 43.8. The van der Waals surface area contributed by atoms with Crippen LogP contribution in [0, 0.1) is 0 Å². The molecule has 2 atom stereocenters. The maximum Gasteiger partial charge on any atom is 0.361 e. The molecule has 1 N–H and O–H groups in total. The second-order valence-corrected chi connectivity index (χ2v) is 19.2. The van der Waals surface area contributed by atoms with Crippen LogP contribution in [0.25, 0.3) is 0 Å². The molecular formula is C58H102NO8+. The highest BCUT2D eigenvalue weighted by atomic mass is 16.7. The van der Waals surface area contributed by atoms with Crippen molar-refractivity contribution in [2.45, 2.75) is 232 Å². The van der Waals surface area contributed by atoms with E-state index in [2.05, 4.69) is 86.8 Å². The minimum atomic E-state index is -1.52. The molecule has 0 fully saturated rings. The fourth-order valence-corrected chi connectivity index (χ4v) is 7.27. The van der Waals surface area contributed by atoms with Crippen LogP contribution >= 0.6 is 0 Å². The van der Waals surface area contributed by atoms with Gasteiger partial charge in [-0.1, -0.05) is 196 Å². The van der Waals surface area contributed by atoms with Crippen LogP contribution in [-0.4, -0.2) is 87.4 Å². The molecule has 0 aromatic heterocycles. The third-order valence-electron chi connectivity index (χ3n) is 11.4. The third-order valence-corrected chi connectivity index (χ3v) is 11.4. The maximum atomic E-state index is 12.8. The molecule has 0 radical (unpaired) electrons. The van der Waals surface area contributed by atoms with Crippen LogP contribution in [0.4, 0.5) is 0 Å². The number of carbonyl (C=O) groups excluding carboxylic acids is 2. The number of rotatable bonds is 49. The first-order valence-electron chi connectivity index (χ1n) is 27.1. The van der Waals surface area contributed by atoms with E-state index in [1.165, 1.54) is 116 Å². The fourth-order valence-electron chi connectivity index (χ4n) is 7.27. The molecule has 0 saturated heterocycles. The second-order valence-electron chi connectivity index (χ2n) is 19.2. The summed E-state index contributed by atoms with van der Waals surface area (Å²) in [7, 11) is 5.95. The highest BCUT2D eigenvalue weighted by Gasteiger charge is 2.25. The van der Waals surface area contributed by atoms with Crippen LogP contribution in [-0.2, 0) is 33.3 Å². The number of carbonyl (C=O) groups is 3. The number of hydrogen-bond acceptors (Lipinski definition) is 7. The van der Waals surface area contributed by atoms with Gasteiger partial charge in [-0.15, -0.1) is 0 Å².